The predicted octanol–water partition coefficient (Wildman–Crippen LogP) is 2.24. The zero-order chi connectivity index (χ0) is 14.5. The van der Waals surface area contributed by atoms with E-state index < -0.39 is 0 Å². The van der Waals surface area contributed by atoms with Crippen molar-refractivity contribution in [2.75, 3.05) is 13.7 Å². The van der Waals surface area contributed by atoms with Crippen LogP contribution in [0, 0.1) is 12.3 Å². The first-order valence-corrected chi connectivity index (χ1v) is 5.94. The van der Waals surface area contributed by atoms with E-state index in [0.29, 0.717) is 17.1 Å². The third-order valence-electron chi connectivity index (χ3n) is 2.23. The van der Waals surface area contributed by atoms with Gasteiger partial charge < -0.3 is 14.8 Å². The highest BCUT2D eigenvalue weighted by atomic mass is 16.5. The summed E-state index contributed by atoms with van der Waals surface area (Å²) in [5.41, 5.74) is 0.225. The first-order chi connectivity index (χ1) is 8.87. The Kier molecular flexibility index (Phi) is 4.82. The topological polar surface area (TPSA) is 47.6 Å². The van der Waals surface area contributed by atoms with E-state index in [-0.39, 0.29) is 18.1 Å². The molecule has 0 spiro atoms. The van der Waals surface area contributed by atoms with Gasteiger partial charge in [-0.25, -0.2) is 0 Å². The van der Waals surface area contributed by atoms with Crippen molar-refractivity contribution in [3.8, 4) is 23.8 Å². The molecule has 0 aliphatic rings. The molecular formula is C15H19NO3. The van der Waals surface area contributed by atoms with Crippen LogP contribution in [0.4, 0.5) is 0 Å². The number of terminal acetylenes is 1. The third kappa shape index (κ3) is 4.55. The van der Waals surface area contributed by atoms with E-state index in [1.807, 2.05) is 20.8 Å². The summed E-state index contributed by atoms with van der Waals surface area (Å²) in [7, 11) is 1.52. The summed E-state index contributed by atoms with van der Waals surface area (Å²) in [5.74, 6) is 3.23. The molecule has 4 nitrogen and oxygen atoms in total. The maximum absolute atomic E-state index is 12.0. The fraction of sp³-hybridized carbons (Fsp3) is 0.400. The molecule has 0 aromatic heterocycles. The van der Waals surface area contributed by atoms with Crippen LogP contribution in [0.3, 0.4) is 0 Å². The van der Waals surface area contributed by atoms with Gasteiger partial charge in [0.1, 0.15) is 6.61 Å². The summed E-state index contributed by atoms with van der Waals surface area (Å²) in [6.07, 6.45) is 5.14. The van der Waals surface area contributed by atoms with Gasteiger partial charge in [0, 0.05) is 11.1 Å². The number of ether oxygens (including phenoxy) is 2. The molecule has 0 unspecified atom stereocenters. The third-order valence-corrected chi connectivity index (χ3v) is 2.23. The van der Waals surface area contributed by atoms with Crippen LogP contribution in [0.15, 0.2) is 18.2 Å². The standard InChI is InChI=1S/C15H19NO3/c1-6-9-19-12-8-7-11(10-13(12)18-5)14(17)16-15(2,3)4/h1,7-8,10H,9H2,2-5H3,(H,16,17). The number of carbonyl (C=O) groups excluding carboxylic acids is 1. The summed E-state index contributed by atoms with van der Waals surface area (Å²) < 4.78 is 10.5. The maximum atomic E-state index is 12.0. The van der Waals surface area contributed by atoms with Gasteiger partial charge >= 0.3 is 0 Å². The van der Waals surface area contributed by atoms with Crippen LogP contribution in [-0.2, 0) is 0 Å². The van der Waals surface area contributed by atoms with Crippen molar-refractivity contribution in [3.05, 3.63) is 23.8 Å². The molecule has 4 heteroatoms. The summed E-state index contributed by atoms with van der Waals surface area (Å²) in [6, 6.07) is 4.98. The molecular weight excluding hydrogens is 242 g/mol. The van der Waals surface area contributed by atoms with Gasteiger partial charge in [0.2, 0.25) is 0 Å². The largest absolute Gasteiger partial charge is 0.493 e. The van der Waals surface area contributed by atoms with E-state index >= 15 is 0 Å². The second-order valence-corrected chi connectivity index (χ2v) is 5.06. The summed E-state index contributed by atoms with van der Waals surface area (Å²) in [5, 5.41) is 2.88. The highest BCUT2D eigenvalue weighted by Gasteiger charge is 2.16. The Morgan fingerprint density at radius 3 is 2.58 bits per heavy atom. The Bertz CT molecular complexity index is 495. The van der Waals surface area contributed by atoms with Crippen LogP contribution in [0.5, 0.6) is 11.5 Å². The molecule has 1 aromatic rings. The predicted molar refractivity (Wildman–Crippen MR) is 74.5 cm³/mol. The Balaban J connectivity index is 2.94. The number of carbonyl (C=O) groups is 1. The molecule has 0 saturated heterocycles. The lowest BCUT2D eigenvalue weighted by Crippen LogP contribution is -2.40. The minimum absolute atomic E-state index is 0.157. The highest BCUT2D eigenvalue weighted by Crippen LogP contribution is 2.28. The molecule has 0 heterocycles. The number of benzene rings is 1. The Labute approximate surface area is 114 Å². The normalized spacial score (nSPS) is 10.5. The van der Waals surface area contributed by atoms with E-state index in [9.17, 15) is 4.79 Å². The molecule has 1 N–H and O–H groups in total. The van der Waals surface area contributed by atoms with Crippen LogP contribution in [0.2, 0.25) is 0 Å². The minimum atomic E-state index is -0.289. The number of amides is 1. The van der Waals surface area contributed by atoms with E-state index in [2.05, 4.69) is 11.2 Å². The molecule has 0 fully saturated rings. The van der Waals surface area contributed by atoms with Crippen LogP contribution < -0.4 is 14.8 Å². The Morgan fingerprint density at radius 1 is 1.37 bits per heavy atom. The molecule has 0 saturated carbocycles. The molecule has 0 aliphatic carbocycles. The van der Waals surface area contributed by atoms with Crippen molar-refractivity contribution in [1.29, 1.82) is 0 Å². The van der Waals surface area contributed by atoms with Gasteiger partial charge in [-0.2, -0.15) is 0 Å². The van der Waals surface area contributed by atoms with E-state index in [1.54, 1.807) is 18.2 Å². The SMILES string of the molecule is C#CCOc1ccc(C(=O)NC(C)(C)C)cc1OC. The van der Waals surface area contributed by atoms with Crippen molar-refractivity contribution in [2.24, 2.45) is 0 Å². The molecule has 19 heavy (non-hydrogen) atoms. The van der Waals surface area contributed by atoms with Gasteiger partial charge in [0.25, 0.3) is 5.91 Å². The maximum Gasteiger partial charge on any atom is 0.251 e. The molecule has 0 bridgehead atoms. The summed E-state index contributed by atoms with van der Waals surface area (Å²) in [6.45, 7) is 5.93. The van der Waals surface area contributed by atoms with Gasteiger partial charge in [-0.1, -0.05) is 5.92 Å². The highest BCUT2D eigenvalue weighted by molar-refractivity contribution is 5.95. The fourth-order valence-electron chi connectivity index (χ4n) is 1.46. The van der Waals surface area contributed by atoms with Crippen LogP contribution in [-0.4, -0.2) is 25.2 Å². The average molecular weight is 261 g/mol. The number of nitrogens with one attached hydrogen (secondary N) is 1. The van der Waals surface area contributed by atoms with Crippen molar-refractivity contribution in [1.82, 2.24) is 5.32 Å². The lowest BCUT2D eigenvalue weighted by molar-refractivity contribution is 0.0919. The van der Waals surface area contributed by atoms with E-state index in [4.69, 9.17) is 15.9 Å². The van der Waals surface area contributed by atoms with Crippen molar-refractivity contribution < 1.29 is 14.3 Å². The second kappa shape index (κ2) is 6.14. The van der Waals surface area contributed by atoms with Gasteiger partial charge in [-0.05, 0) is 39.0 Å². The van der Waals surface area contributed by atoms with Gasteiger partial charge in [0.05, 0.1) is 7.11 Å². The van der Waals surface area contributed by atoms with E-state index in [0.717, 1.165) is 0 Å². The van der Waals surface area contributed by atoms with Crippen LogP contribution in [0.1, 0.15) is 31.1 Å². The van der Waals surface area contributed by atoms with Crippen molar-refractivity contribution >= 4 is 5.91 Å². The van der Waals surface area contributed by atoms with Crippen LogP contribution >= 0.6 is 0 Å². The lowest BCUT2D eigenvalue weighted by atomic mass is 10.1. The fourth-order valence-corrected chi connectivity index (χ4v) is 1.46. The molecule has 1 rings (SSSR count). The smallest absolute Gasteiger partial charge is 0.251 e. The Morgan fingerprint density at radius 2 is 2.05 bits per heavy atom. The number of methoxy groups -OCH3 is 1. The lowest BCUT2D eigenvalue weighted by Gasteiger charge is -2.20. The molecule has 0 radical (unpaired) electrons. The average Bonchev–Trinajstić information content (AvgIpc) is 2.34. The van der Waals surface area contributed by atoms with Gasteiger partial charge in [-0.15, -0.1) is 6.42 Å². The molecule has 0 atom stereocenters. The molecule has 1 aromatic carbocycles. The van der Waals surface area contributed by atoms with Crippen molar-refractivity contribution in [2.45, 2.75) is 26.3 Å². The molecule has 1 amide bonds. The monoisotopic (exact) mass is 261 g/mol. The zero-order valence-electron chi connectivity index (χ0n) is 11.7. The number of hydrogen-bond acceptors (Lipinski definition) is 3. The Hall–Kier alpha value is -2.15. The first kappa shape index (κ1) is 14.9. The van der Waals surface area contributed by atoms with Crippen LogP contribution in [0.25, 0.3) is 0 Å². The quantitative estimate of drug-likeness (QED) is 0.845. The summed E-state index contributed by atoms with van der Waals surface area (Å²) >= 11 is 0. The van der Waals surface area contributed by atoms with Crippen molar-refractivity contribution in [3.63, 3.8) is 0 Å². The van der Waals surface area contributed by atoms with E-state index in [1.165, 1.54) is 7.11 Å². The zero-order valence-corrected chi connectivity index (χ0v) is 11.7. The minimum Gasteiger partial charge on any atom is -0.493 e. The number of hydrogen-bond donors (Lipinski definition) is 1. The van der Waals surface area contributed by atoms with Gasteiger partial charge in [0.15, 0.2) is 11.5 Å². The number of rotatable bonds is 4. The summed E-state index contributed by atoms with van der Waals surface area (Å²) in [4.78, 5) is 12.0. The first-order valence-electron chi connectivity index (χ1n) is 5.94. The van der Waals surface area contributed by atoms with Gasteiger partial charge in [-0.3, -0.25) is 4.79 Å². The second-order valence-electron chi connectivity index (χ2n) is 5.06. The molecule has 0 aliphatic heterocycles. The molecule has 102 valence electrons.